The van der Waals surface area contributed by atoms with Crippen molar-refractivity contribution in [1.29, 1.82) is 0 Å². The van der Waals surface area contributed by atoms with Gasteiger partial charge in [-0.3, -0.25) is 0 Å². The highest BCUT2D eigenvalue weighted by Crippen LogP contribution is 2.24. The number of unbranched alkanes of at least 4 members (excludes halogenated alkanes) is 1. The summed E-state index contributed by atoms with van der Waals surface area (Å²) < 4.78 is 5.11. The van der Waals surface area contributed by atoms with Gasteiger partial charge in [-0.05, 0) is 37.3 Å². The van der Waals surface area contributed by atoms with E-state index in [1.807, 2.05) is 67.6 Å². The standard InChI is InChI=1S/C24H32N2O3/c1-4-5-17-24(22(27)29-3,18-16-20-12-8-6-9-13-20)26-23(28)25-19(2)21-14-10-7-11-15-21/h6-15,19H,4-5,16-18H2,1-3H3,(H2,25,26,28)/t19-,24+/m1/s1. The lowest BCUT2D eigenvalue weighted by Crippen LogP contribution is -2.58. The Bertz CT molecular complexity index is 764. The molecule has 156 valence electrons. The Morgan fingerprint density at radius 1 is 1.00 bits per heavy atom. The second kappa shape index (κ2) is 11.2. The van der Waals surface area contributed by atoms with E-state index >= 15 is 0 Å². The fraction of sp³-hybridized carbons (Fsp3) is 0.417. The normalized spacial score (nSPS) is 13.8. The molecule has 29 heavy (non-hydrogen) atoms. The van der Waals surface area contributed by atoms with Crippen LogP contribution in [-0.4, -0.2) is 24.6 Å². The lowest BCUT2D eigenvalue weighted by atomic mass is 9.86. The molecule has 0 fully saturated rings. The summed E-state index contributed by atoms with van der Waals surface area (Å²) >= 11 is 0. The smallest absolute Gasteiger partial charge is 0.331 e. The maximum absolute atomic E-state index is 12.8. The van der Waals surface area contributed by atoms with E-state index in [2.05, 4.69) is 17.6 Å². The summed E-state index contributed by atoms with van der Waals surface area (Å²) in [6, 6.07) is 19.2. The van der Waals surface area contributed by atoms with Gasteiger partial charge in [-0.1, -0.05) is 80.4 Å². The fourth-order valence-electron chi connectivity index (χ4n) is 3.46. The largest absolute Gasteiger partial charge is 0.467 e. The van der Waals surface area contributed by atoms with Gasteiger partial charge in [-0.2, -0.15) is 0 Å². The van der Waals surface area contributed by atoms with Crippen molar-refractivity contribution in [2.24, 2.45) is 0 Å². The second-order valence-corrected chi connectivity index (χ2v) is 7.39. The summed E-state index contributed by atoms with van der Waals surface area (Å²) in [4.78, 5) is 25.6. The maximum Gasteiger partial charge on any atom is 0.331 e. The first-order valence-corrected chi connectivity index (χ1v) is 10.3. The molecular weight excluding hydrogens is 364 g/mol. The molecule has 0 unspecified atom stereocenters. The first-order valence-electron chi connectivity index (χ1n) is 10.3. The average Bonchev–Trinajstić information content (AvgIpc) is 2.76. The van der Waals surface area contributed by atoms with Crippen LogP contribution in [0.2, 0.25) is 0 Å². The Kier molecular flexibility index (Phi) is 8.71. The fourth-order valence-corrected chi connectivity index (χ4v) is 3.46. The Hall–Kier alpha value is -2.82. The Balaban J connectivity index is 2.15. The minimum absolute atomic E-state index is 0.174. The van der Waals surface area contributed by atoms with E-state index in [4.69, 9.17) is 4.74 Å². The molecule has 0 aromatic heterocycles. The van der Waals surface area contributed by atoms with Crippen molar-refractivity contribution in [2.45, 2.75) is 57.5 Å². The molecule has 5 heteroatoms. The van der Waals surface area contributed by atoms with E-state index in [9.17, 15) is 9.59 Å². The van der Waals surface area contributed by atoms with Crippen molar-refractivity contribution in [2.75, 3.05) is 7.11 Å². The third-order valence-corrected chi connectivity index (χ3v) is 5.22. The molecule has 0 aliphatic rings. The minimum Gasteiger partial charge on any atom is -0.467 e. The van der Waals surface area contributed by atoms with Crippen LogP contribution in [0.3, 0.4) is 0 Å². The second-order valence-electron chi connectivity index (χ2n) is 7.39. The number of aryl methyl sites for hydroxylation is 1. The Morgan fingerprint density at radius 3 is 2.21 bits per heavy atom. The van der Waals surface area contributed by atoms with E-state index < -0.39 is 11.5 Å². The number of hydrogen-bond acceptors (Lipinski definition) is 3. The predicted octanol–water partition coefficient (Wildman–Crippen LogP) is 4.78. The van der Waals surface area contributed by atoms with Crippen molar-refractivity contribution in [3.8, 4) is 0 Å². The van der Waals surface area contributed by atoms with Gasteiger partial charge in [0.15, 0.2) is 0 Å². The van der Waals surface area contributed by atoms with Crippen molar-refractivity contribution in [3.63, 3.8) is 0 Å². The number of methoxy groups -OCH3 is 1. The summed E-state index contributed by atoms with van der Waals surface area (Å²) in [6.07, 6.45) is 3.44. The molecule has 2 aromatic rings. The van der Waals surface area contributed by atoms with Crippen molar-refractivity contribution in [3.05, 3.63) is 71.8 Å². The summed E-state index contributed by atoms with van der Waals surface area (Å²) in [5.74, 6) is -0.399. The molecule has 0 aliphatic carbocycles. The van der Waals surface area contributed by atoms with Gasteiger partial charge < -0.3 is 15.4 Å². The van der Waals surface area contributed by atoms with Gasteiger partial charge in [0.25, 0.3) is 0 Å². The van der Waals surface area contributed by atoms with Gasteiger partial charge in [-0.15, -0.1) is 0 Å². The average molecular weight is 397 g/mol. The van der Waals surface area contributed by atoms with Gasteiger partial charge in [0.1, 0.15) is 5.54 Å². The van der Waals surface area contributed by atoms with Crippen LogP contribution in [0.5, 0.6) is 0 Å². The molecule has 2 rings (SSSR count). The van der Waals surface area contributed by atoms with Gasteiger partial charge in [-0.25, -0.2) is 9.59 Å². The number of nitrogens with one attached hydrogen (secondary N) is 2. The monoisotopic (exact) mass is 396 g/mol. The number of carbonyl (C=O) groups is 2. The molecule has 0 spiro atoms. The molecule has 0 aliphatic heterocycles. The maximum atomic E-state index is 12.8. The molecule has 5 nitrogen and oxygen atoms in total. The number of rotatable bonds is 10. The lowest BCUT2D eigenvalue weighted by molar-refractivity contribution is -0.149. The zero-order chi connectivity index (χ0) is 21.1. The number of benzene rings is 2. The van der Waals surface area contributed by atoms with Crippen molar-refractivity contribution in [1.82, 2.24) is 10.6 Å². The minimum atomic E-state index is -1.05. The summed E-state index contributed by atoms with van der Waals surface area (Å²) in [6.45, 7) is 3.99. The van der Waals surface area contributed by atoms with Crippen LogP contribution in [-0.2, 0) is 16.0 Å². The first kappa shape index (κ1) is 22.5. The summed E-state index contributed by atoms with van der Waals surface area (Å²) in [5, 5.41) is 5.91. The van der Waals surface area contributed by atoms with Crippen molar-refractivity contribution < 1.29 is 14.3 Å². The molecule has 0 heterocycles. The van der Waals surface area contributed by atoms with E-state index in [1.165, 1.54) is 7.11 Å². The van der Waals surface area contributed by atoms with Crippen LogP contribution in [0.15, 0.2) is 60.7 Å². The molecular formula is C24H32N2O3. The van der Waals surface area contributed by atoms with Crippen LogP contribution in [0, 0.1) is 0 Å². The number of hydrogen-bond donors (Lipinski definition) is 2. The van der Waals surface area contributed by atoms with Gasteiger partial charge in [0.2, 0.25) is 0 Å². The first-order chi connectivity index (χ1) is 14.0. The zero-order valence-corrected chi connectivity index (χ0v) is 17.6. The highest BCUT2D eigenvalue weighted by atomic mass is 16.5. The van der Waals surface area contributed by atoms with Crippen molar-refractivity contribution >= 4 is 12.0 Å². The molecule has 0 saturated carbocycles. The molecule has 0 bridgehead atoms. The number of amides is 2. The number of ether oxygens (including phenoxy) is 1. The Labute approximate surface area is 173 Å². The van der Waals surface area contributed by atoms with Crippen LogP contribution in [0.4, 0.5) is 4.79 Å². The molecule has 0 saturated heterocycles. The van der Waals surface area contributed by atoms with E-state index in [-0.39, 0.29) is 12.1 Å². The zero-order valence-electron chi connectivity index (χ0n) is 17.6. The van der Waals surface area contributed by atoms with E-state index in [0.29, 0.717) is 19.3 Å². The molecule has 2 atom stereocenters. The lowest BCUT2D eigenvalue weighted by Gasteiger charge is -2.33. The quantitative estimate of drug-likeness (QED) is 0.568. The third kappa shape index (κ3) is 6.63. The van der Waals surface area contributed by atoms with Crippen LogP contribution >= 0.6 is 0 Å². The number of esters is 1. The summed E-state index contributed by atoms with van der Waals surface area (Å²) in [7, 11) is 1.37. The van der Waals surface area contributed by atoms with E-state index in [1.54, 1.807) is 0 Å². The van der Waals surface area contributed by atoms with Gasteiger partial charge in [0, 0.05) is 0 Å². The molecule has 2 aromatic carbocycles. The topological polar surface area (TPSA) is 67.4 Å². The summed E-state index contributed by atoms with van der Waals surface area (Å²) in [5.41, 5.74) is 1.07. The van der Waals surface area contributed by atoms with Gasteiger partial charge in [0.05, 0.1) is 13.2 Å². The molecule has 2 N–H and O–H groups in total. The highest BCUT2D eigenvalue weighted by molar-refractivity contribution is 5.87. The van der Waals surface area contributed by atoms with Crippen LogP contribution in [0.1, 0.15) is 56.7 Å². The van der Waals surface area contributed by atoms with Gasteiger partial charge >= 0.3 is 12.0 Å². The highest BCUT2D eigenvalue weighted by Gasteiger charge is 2.40. The Morgan fingerprint density at radius 2 is 1.62 bits per heavy atom. The number of urea groups is 1. The van der Waals surface area contributed by atoms with Crippen LogP contribution < -0.4 is 10.6 Å². The SMILES string of the molecule is CCCC[C@@](CCc1ccccc1)(NC(=O)N[C@H](C)c1ccccc1)C(=O)OC. The predicted molar refractivity (Wildman–Crippen MR) is 116 cm³/mol. The molecule has 0 radical (unpaired) electrons. The van der Waals surface area contributed by atoms with E-state index in [0.717, 1.165) is 24.0 Å². The molecule has 2 amide bonds. The third-order valence-electron chi connectivity index (χ3n) is 5.22. The van der Waals surface area contributed by atoms with Crippen LogP contribution in [0.25, 0.3) is 0 Å². The number of carbonyl (C=O) groups excluding carboxylic acids is 2.